The molecule has 4 nitrogen and oxygen atoms in total. The predicted molar refractivity (Wildman–Crippen MR) is 67.7 cm³/mol. The van der Waals surface area contributed by atoms with Gasteiger partial charge in [0, 0.05) is 18.8 Å². The average Bonchev–Trinajstić information content (AvgIpc) is 2.33. The van der Waals surface area contributed by atoms with Crippen molar-refractivity contribution in [3.63, 3.8) is 0 Å². The van der Waals surface area contributed by atoms with E-state index in [2.05, 4.69) is 11.4 Å². The lowest BCUT2D eigenvalue weighted by molar-refractivity contribution is 0.217. The highest BCUT2D eigenvalue weighted by Crippen LogP contribution is 2.10. The largest absolute Gasteiger partial charge is 0.325 e. The van der Waals surface area contributed by atoms with Crippen LogP contribution in [-0.2, 0) is 6.42 Å². The molecule has 0 radical (unpaired) electrons. The van der Waals surface area contributed by atoms with E-state index >= 15 is 0 Å². The molecule has 17 heavy (non-hydrogen) atoms. The van der Waals surface area contributed by atoms with Crippen LogP contribution in [0.4, 0.5) is 10.5 Å². The highest BCUT2D eigenvalue weighted by atomic mass is 16.2. The number of rotatable bonds is 4. The van der Waals surface area contributed by atoms with Gasteiger partial charge < -0.3 is 10.2 Å². The summed E-state index contributed by atoms with van der Waals surface area (Å²) in [6.07, 6.45) is 0.393. The first kappa shape index (κ1) is 13.0. The lowest BCUT2D eigenvalue weighted by atomic mass is 10.1. The number of hydrogen-bond acceptors (Lipinski definition) is 2. The van der Waals surface area contributed by atoms with Gasteiger partial charge in [0.2, 0.25) is 0 Å². The molecule has 0 atom stereocenters. The maximum absolute atomic E-state index is 11.7. The molecule has 0 spiro atoms. The lowest BCUT2D eigenvalue weighted by Crippen LogP contribution is -2.34. The zero-order chi connectivity index (χ0) is 12.7. The summed E-state index contributed by atoms with van der Waals surface area (Å²) >= 11 is 0. The Bertz CT molecular complexity index is 402. The van der Waals surface area contributed by atoms with E-state index < -0.39 is 0 Å². The Hall–Kier alpha value is -2.02. The molecule has 0 aliphatic heterocycles. The van der Waals surface area contributed by atoms with Gasteiger partial charge >= 0.3 is 6.03 Å². The second-order valence-corrected chi connectivity index (χ2v) is 3.63. The first-order chi connectivity index (χ1) is 8.21. The van der Waals surface area contributed by atoms with Gasteiger partial charge in [0.1, 0.15) is 0 Å². The van der Waals surface area contributed by atoms with Crippen molar-refractivity contribution in [2.24, 2.45) is 0 Å². The topological polar surface area (TPSA) is 56.1 Å². The van der Waals surface area contributed by atoms with E-state index in [0.29, 0.717) is 19.5 Å². The fourth-order valence-corrected chi connectivity index (χ4v) is 1.51. The SMILES string of the molecule is CCN(CC)C(=O)Nc1ccc(CC#N)cc1. The van der Waals surface area contributed by atoms with Crippen molar-refractivity contribution in [3.8, 4) is 6.07 Å². The summed E-state index contributed by atoms with van der Waals surface area (Å²) in [5.74, 6) is 0. The first-order valence-corrected chi connectivity index (χ1v) is 5.73. The molecule has 0 unspecified atom stereocenters. The van der Waals surface area contributed by atoms with E-state index in [1.807, 2.05) is 38.1 Å². The number of nitrogens with zero attached hydrogens (tertiary/aromatic N) is 2. The summed E-state index contributed by atoms with van der Waals surface area (Å²) in [4.78, 5) is 13.5. The van der Waals surface area contributed by atoms with E-state index in [1.165, 1.54) is 0 Å². The molecule has 0 aliphatic carbocycles. The molecule has 0 heterocycles. The molecule has 0 saturated carbocycles. The predicted octanol–water partition coefficient (Wildman–Crippen LogP) is 2.63. The van der Waals surface area contributed by atoms with Gasteiger partial charge in [-0.05, 0) is 31.5 Å². The fourth-order valence-electron chi connectivity index (χ4n) is 1.51. The maximum Gasteiger partial charge on any atom is 0.321 e. The number of carbonyl (C=O) groups is 1. The molecule has 1 rings (SSSR count). The van der Waals surface area contributed by atoms with Crippen LogP contribution < -0.4 is 5.32 Å². The Morgan fingerprint density at radius 3 is 2.35 bits per heavy atom. The Morgan fingerprint density at radius 1 is 1.29 bits per heavy atom. The number of carbonyl (C=O) groups excluding carboxylic acids is 1. The molecule has 0 saturated heterocycles. The summed E-state index contributed by atoms with van der Waals surface area (Å²) < 4.78 is 0. The van der Waals surface area contributed by atoms with Gasteiger partial charge in [-0.3, -0.25) is 0 Å². The monoisotopic (exact) mass is 231 g/mol. The van der Waals surface area contributed by atoms with E-state index in [1.54, 1.807) is 4.90 Å². The van der Waals surface area contributed by atoms with Gasteiger partial charge in [-0.2, -0.15) is 5.26 Å². The molecule has 0 aliphatic rings. The number of benzene rings is 1. The van der Waals surface area contributed by atoms with Crippen LogP contribution in [0, 0.1) is 11.3 Å². The van der Waals surface area contributed by atoms with Gasteiger partial charge in [-0.15, -0.1) is 0 Å². The third-order valence-electron chi connectivity index (χ3n) is 2.54. The van der Waals surface area contributed by atoms with Crippen LogP contribution in [-0.4, -0.2) is 24.0 Å². The summed E-state index contributed by atoms with van der Waals surface area (Å²) in [6, 6.07) is 9.31. The van der Waals surface area contributed by atoms with Gasteiger partial charge in [-0.25, -0.2) is 4.79 Å². The van der Waals surface area contributed by atoms with Crippen molar-refractivity contribution in [3.05, 3.63) is 29.8 Å². The normalized spacial score (nSPS) is 9.47. The molecule has 90 valence electrons. The number of anilines is 1. The highest BCUT2D eigenvalue weighted by Gasteiger charge is 2.08. The van der Waals surface area contributed by atoms with Crippen LogP contribution in [0.5, 0.6) is 0 Å². The average molecular weight is 231 g/mol. The van der Waals surface area contributed by atoms with Crippen LogP contribution in [0.3, 0.4) is 0 Å². The quantitative estimate of drug-likeness (QED) is 0.866. The Morgan fingerprint density at radius 2 is 1.88 bits per heavy atom. The minimum Gasteiger partial charge on any atom is -0.325 e. The van der Waals surface area contributed by atoms with E-state index in [9.17, 15) is 4.79 Å². The molecule has 1 aromatic carbocycles. The molecule has 1 aromatic rings. The Labute approximate surface area is 102 Å². The minimum atomic E-state index is -0.0944. The van der Waals surface area contributed by atoms with Gasteiger partial charge in [0.05, 0.1) is 12.5 Å². The number of nitriles is 1. The molecule has 0 fully saturated rings. The lowest BCUT2D eigenvalue weighted by Gasteiger charge is -2.19. The molecule has 4 heteroatoms. The number of nitrogens with one attached hydrogen (secondary N) is 1. The van der Waals surface area contributed by atoms with E-state index in [-0.39, 0.29) is 6.03 Å². The van der Waals surface area contributed by atoms with Gasteiger partial charge in [0.15, 0.2) is 0 Å². The van der Waals surface area contributed by atoms with Crippen LogP contribution in [0.15, 0.2) is 24.3 Å². The summed E-state index contributed by atoms with van der Waals surface area (Å²) in [6.45, 7) is 5.27. The van der Waals surface area contributed by atoms with Gasteiger partial charge in [0.25, 0.3) is 0 Å². The third-order valence-corrected chi connectivity index (χ3v) is 2.54. The van der Waals surface area contributed by atoms with E-state index in [0.717, 1.165) is 11.3 Å². The molecular weight excluding hydrogens is 214 g/mol. The summed E-state index contributed by atoms with van der Waals surface area (Å²) in [7, 11) is 0. The molecule has 0 bridgehead atoms. The number of hydrogen-bond donors (Lipinski definition) is 1. The minimum absolute atomic E-state index is 0.0944. The van der Waals surface area contributed by atoms with E-state index in [4.69, 9.17) is 5.26 Å². The zero-order valence-electron chi connectivity index (χ0n) is 10.2. The van der Waals surface area contributed by atoms with Crippen LogP contribution in [0.25, 0.3) is 0 Å². The number of amides is 2. The van der Waals surface area contributed by atoms with Crippen molar-refractivity contribution in [2.45, 2.75) is 20.3 Å². The molecule has 0 aromatic heterocycles. The summed E-state index contributed by atoms with van der Waals surface area (Å²) in [5, 5.41) is 11.4. The Kier molecular flexibility index (Phi) is 5.02. The second-order valence-electron chi connectivity index (χ2n) is 3.63. The van der Waals surface area contributed by atoms with Crippen molar-refractivity contribution < 1.29 is 4.79 Å². The highest BCUT2D eigenvalue weighted by molar-refractivity contribution is 5.89. The van der Waals surface area contributed by atoms with Crippen molar-refractivity contribution in [2.75, 3.05) is 18.4 Å². The van der Waals surface area contributed by atoms with Crippen molar-refractivity contribution in [1.29, 1.82) is 5.26 Å². The summed E-state index contributed by atoms with van der Waals surface area (Å²) in [5.41, 5.74) is 1.71. The molecule has 2 amide bonds. The van der Waals surface area contributed by atoms with Crippen LogP contribution in [0.1, 0.15) is 19.4 Å². The molecular formula is C13H17N3O. The molecule has 1 N–H and O–H groups in total. The van der Waals surface area contributed by atoms with Crippen LogP contribution in [0.2, 0.25) is 0 Å². The third kappa shape index (κ3) is 3.80. The Balaban J connectivity index is 2.63. The fraction of sp³-hybridized carbons (Fsp3) is 0.385. The number of urea groups is 1. The van der Waals surface area contributed by atoms with Crippen LogP contribution >= 0.6 is 0 Å². The second kappa shape index (κ2) is 6.54. The standard InChI is InChI=1S/C13H17N3O/c1-3-16(4-2)13(17)15-12-7-5-11(6-8-12)9-10-14/h5-8H,3-4,9H2,1-2H3,(H,15,17). The van der Waals surface area contributed by atoms with Crippen molar-refractivity contribution >= 4 is 11.7 Å². The zero-order valence-corrected chi connectivity index (χ0v) is 10.2. The first-order valence-electron chi connectivity index (χ1n) is 5.73. The smallest absolute Gasteiger partial charge is 0.321 e. The van der Waals surface area contributed by atoms with Gasteiger partial charge in [-0.1, -0.05) is 12.1 Å². The maximum atomic E-state index is 11.7. The van der Waals surface area contributed by atoms with Crippen molar-refractivity contribution in [1.82, 2.24) is 4.90 Å².